The molecule has 35 heavy (non-hydrogen) atoms. The molecular weight excluding hydrogens is 462 g/mol. The average Bonchev–Trinajstić information content (AvgIpc) is 3.30. The highest BCUT2D eigenvalue weighted by atomic mass is 32.1. The number of nitrogens with zero attached hydrogens (tertiary/aromatic N) is 2. The van der Waals surface area contributed by atoms with Crippen LogP contribution in [-0.2, 0) is 9.53 Å². The van der Waals surface area contributed by atoms with E-state index in [-0.39, 0.29) is 12.3 Å². The Morgan fingerprint density at radius 1 is 1.20 bits per heavy atom. The molecule has 0 atom stereocenters. The minimum Gasteiger partial charge on any atom is -0.444 e. The predicted molar refractivity (Wildman–Crippen MR) is 142 cm³/mol. The van der Waals surface area contributed by atoms with E-state index in [0.29, 0.717) is 34.1 Å². The molecule has 2 aromatic rings. The Balaban J connectivity index is 2.14. The normalized spacial score (nSPS) is 13.1. The van der Waals surface area contributed by atoms with Gasteiger partial charge in [0.15, 0.2) is 5.78 Å². The number of nitrogens with one attached hydrogen (secondary N) is 2. The van der Waals surface area contributed by atoms with Crippen molar-refractivity contribution in [3.8, 4) is 11.3 Å². The van der Waals surface area contributed by atoms with E-state index in [9.17, 15) is 9.59 Å². The summed E-state index contributed by atoms with van der Waals surface area (Å²) < 4.78 is 5.29. The van der Waals surface area contributed by atoms with Crippen LogP contribution in [0.2, 0.25) is 0 Å². The minimum atomic E-state index is -0.635. The molecule has 0 saturated heterocycles. The maximum absolute atomic E-state index is 13.1. The highest BCUT2D eigenvalue weighted by Crippen LogP contribution is 2.20. The van der Waals surface area contributed by atoms with Gasteiger partial charge < -0.3 is 15.8 Å². The van der Waals surface area contributed by atoms with Crippen LogP contribution in [0.1, 0.15) is 41.5 Å². The van der Waals surface area contributed by atoms with Gasteiger partial charge in [-0.3, -0.25) is 10.1 Å². The zero-order valence-electron chi connectivity index (χ0n) is 21.1. The monoisotopic (exact) mass is 495 g/mol. The summed E-state index contributed by atoms with van der Waals surface area (Å²) in [7, 11) is 0. The van der Waals surface area contributed by atoms with Gasteiger partial charge in [0.1, 0.15) is 5.60 Å². The number of hydrogen-bond donors (Lipinski definition) is 3. The minimum absolute atomic E-state index is 0.159. The molecule has 0 radical (unpaired) electrons. The molecule has 0 fully saturated rings. The highest BCUT2D eigenvalue weighted by molar-refractivity contribution is 7.08. The number of ketones is 1. The predicted octanol–water partition coefficient (Wildman–Crippen LogP) is 5.35. The third kappa shape index (κ3) is 8.86. The lowest BCUT2D eigenvalue weighted by atomic mass is 10.0. The Morgan fingerprint density at radius 3 is 2.49 bits per heavy atom. The summed E-state index contributed by atoms with van der Waals surface area (Å²) in [6.45, 7) is 14.5. The van der Waals surface area contributed by atoms with Gasteiger partial charge in [-0.1, -0.05) is 12.7 Å². The number of thiophene rings is 1. The van der Waals surface area contributed by atoms with Crippen LogP contribution in [0.25, 0.3) is 11.3 Å². The summed E-state index contributed by atoms with van der Waals surface area (Å²) in [5, 5.41) is 9.73. The van der Waals surface area contributed by atoms with Crippen LogP contribution in [0.4, 0.5) is 10.7 Å². The third-order valence-corrected chi connectivity index (χ3v) is 5.28. The van der Waals surface area contributed by atoms with Crippen molar-refractivity contribution in [2.75, 3.05) is 11.9 Å². The quantitative estimate of drug-likeness (QED) is 0.317. The average molecular weight is 496 g/mol. The molecule has 0 unspecified atom stereocenters. The van der Waals surface area contributed by atoms with Crippen molar-refractivity contribution in [1.82, 2.24) is 15.3 Å². The lowest BCUT2D eigenvalue weighted by Gasteiger charge is -2.20. The molecule has 0 aliphatic carbocycles. The smallest absolute Gasteiger partial charge is 0.412 e. The van der Waals surface area contributed by atoms with Gasteiger partial charge in [0.25, 0.3) is 0 Å². The summed E-state index contributed by atoms with van der Waals surface area (Å²) in [5.74, 6) is 0.161. The Labute approximate surface area is 210 Å². The van der Waals surface area contributed by atoms with E-state index in [0.717, 1.165) is 11.3 Å². The Hall–Kier alpha value is -3.72. The number of aromatic nitrogens is 2. The van der Waals surface area contributed by atoms with Crippen molar-refractivity contribution in [2.24, 2.45) is 5.73 Å². The molecule has 0 bridgehead atoms. The number of alkyl carbamates (subject to hydrolysis) is 1. The summed E-state index contributed by atoms with van der Waals surface area (Å²) in [4.78, 5) is 34.0. The van der Waals surface area contributed by atoms with Crippen molar-refractivity contribution in [1.29, 1.82) is 0 Å². The van der Waals surface area contributed by atoms with Gasteiger partial charge in [-0.25, -0.2) is 14.8 Å². The molecule has 0 aliphatic rings. The molecule has 0 spiro atoms. The van der Waals surface area contributed by atoms with E-state index in [1.165, 1.54) is 0 Å². The second kappa shape index (κ2) is 12.1. The van der Waals surface area contributed by atoms with Crippen LogP contribution in [0.3, 0.4) is 0 Å². The van der Waals surface area contributed by atoms with Crippen LogP contribution >= 0.6 is 11.3 Å². The first-order chi connectivity index (χ1) is 16.4. The zero-order valence-corrected chi connectivity index (χ0v) is 21.9. The highest BCUT2D eigenvalue weighted by Gasteiger charge is 2.18. The van der Waals surface area contributed by atoms with Crippen molar-refractivity contribution in [2.45, 2.75) is 47.1 Å². The van der Waals surface area contributed by atoms with Crippen LogP contribution in [0.5, 0.6) is 0 Å². The molecule has 1 amide bonds. The fourth-order valence-electron chi connectivity index (χ4n) is 2.81. The van der Waals surface area contributed by atoms with Crippen LogP contribution in [0, 0.1) is 0 Å². The number of hydrogen-bond acceptors (Lipinski definition) is 8. The Morgan fingerprint density at radius 2 is 1.91 bits per heavy atom. The van der Waals surface area contributed by atoms with Crippen molar-refractivity contribution < 1.29 is 14.3 Å². The molecule has 4 N–H and O–H groups in total. The summed E-state index contributed by atoms with van der Waals surface area (Å²) in [6, 6.07) is 3.81. The maximum Gasteiger partial charge on any atom is 0.412 e. The molecule has 0 aromatic carbocycles. The topological polar surface area (TPSA) is 119 Å². The van der Waals surface area contributed by atoms with Crippen LogP contribution in [-0.4, -0.2) is 34.0 Å². The molecule has 2 aromatic heterocycles. The van der Waals surface area contributed by atoms with Crippen LogP contribution in [0.15, 0.2) is 75.9 Å². The number of ether oxygens (including phenoxy) is 1. The fourth-order valence-corrected chi connectivity index (χ4v) is 3.46. The third-order valence-electron chi connectivity index (χ3n) is 4.60. The number of carbonyl (C=O) groups excluding carboxylic acids is 2. The van der Waals surface area contributed by atoms with Crippen molar-refractivity contribution in [3.63, 3.8) is 0 Å². The standard InChI is InChI=1S/C26H33N5O3S/c1-16(2)21(31-25(33)34-26(5,6)7)9-8-17(3)23(32)20(18(4)27)14-29-24-28-12-10-22(30-24)19-11-13-35-15-19/h8-13,15H,1,14,27H2,2-7H3,(H,31,33)(H,28,29,30)/b17-8+,20-18-,21-9+. The Kier molecular flexibility index (Phi) is 9.53. The van der Waals surface area contributed by atoms with Gasteiger partial charge in [-0.2, -0.15) is 11.3 Å². The second-order valence-corrected chi connectivity index (χ2v) is 9.74. The van der Waals surface area contributed by atoms with E-state index >= 15 is 0 Å². The van der Waals surface area contributed by atoms with Gasteiger partial charge in [0.05, 0.1) is 5.69 Å². The lowest BCUT2D eigenvalue weighted by molar-refractivity contribution is -0.112. The largest absolute Gasteiger partial charge is 0.444 e. The lowest BCUT2D eigenvalue weighted by Crippen LogP contribution is -2.32. The number of allylic oxidation sites excluding steroid dienone is 5. The first kappa shape index (κ1) is 27.5. The van der Waals surface area contributed by atoms with Gasteiger partial charge in [0, 0.05) is 40.7 Å². The Bertz CT molecular complexity index is 1170. The first-order valence-corrected chi connectivity index (χ1v) is 12.0. The van der Waals surface area contributed by atoms with E-state index in [1.807, 2.05) is 22.9 Å². The van der Waals surface area contributed by atoms with E-state index in [1.54, 1.807) is 71.2 Å². The van der Waals surface area contributed by atoms with Crippen molar-refractivity contribution >= 4 is 29.2 Å². The molecule has 9 heteroatoms. The summed E-state index contributed by atoms with van der Waals surface area (Å²) >= 11 is 1.59. The molecule has 0 aliphatic heterocycles. The molecule has 186 valence electrons. The van der Waals surface area contributed by atoms with Gasteiger partial charge in [-0.05, 0) is 76.3 Å². The number of anilines is 1. The number of amides is 1. The fraction of sp³-hybridized carbons (Fsp3) is 0.308. The number of nitrogens with two attached hydrogens (primary N) is 1. The summed E-state index contributed by atoms with van der Waals surface area (Å²) in [5.41, 5.74) is 9.46. The number of Topliss-reactive ketones (excluding diaryl/α,β-unsaturated/α-hetero) is 1. The molecule has 2 heterocycles. The summed E-state index contributed by atoms with van der Waals surface area (Å²) in [6.07, 6.45) is 4.29. The molecule has 8 nitrogen and oxygen atoms in total. The van der Waals surface area contributed by atoms with Gasteiger partial charge in [0.2, 0.25) is 5.95 Å². The number of rotatable bonds is 9. The maximum atomic E-state index is 13.1. The van der Waals surface area contributed by atoms with Gasteiger partial charge in [-0.15, -0.1) is 0 Å². The van der Waals surface area contributed by atoms with E-state index < -0.39 is 11.7 Å². The van der Waals surface area contributed by atoms with E-state index in [4.69, 9.17) is 10.5 Å². The zero-order chi connectivity index (χ0) is 26.2. The molecular formula is C26H33N5O3S. The second-order valence-electron chi connectivity index (χ2n) is 8.96. The van der Waals surface area contributed by atoms with Crippen molar-refractivity contribution in [3.05, 3.63) is 75.9 Å². The van der Waals surface area contributed by atoms with Gasteiger partial charge >= 0.3 is 6.09 Å². The van der Waals surface area contributed by atoms with Crippen LogP contribution < -0.4 is 16.4 Å². The first-order valence-electron chi connectivity index (χ1n) is 11.0. The SMILES string of the molecule is C=C(C)/C(=C\C=C(/C)C(=O)/C(CNc1nccc(-c2ccsc2)n1)=C(/C)N)NC(=O)OC(C)(C)C. The number of carbonyl (C=O) groups is 2. The molecule has 2 rings (SSSR count). The molecule has 0 saturated carbocycles. The van der Waals surface area contributed by atoms with E-state index in [2.05, 4.69) is 27.2 Å².